The number of pyridine rings is 1. The first kappa shape index (κ1) is 31.9. The summed E-state index contributed by atoms with van der Waals surface area (Å²) in [6.07, 6.45) is -9.71. The van der Waals surface area contributed by atoms with Gasteiger partial charge in [-0.1, -0.05) is 6.07 Å². The van der Waals surface area contributed by atoms with Crippen LogP contribution in [0.25, 0.3) is 10.9 Å². The molecule has 1 saturated heterocycles. The van der Waals surface area contributed by atoms with Gasteiger partial charge in [-0.25, -0.2) is 0 Å². The number of carbonyl (C=O) groups is 1. The molecule has 2 aromatic carbocycles. The highest BCUT2D eigenvalue weighted by Crippen LogP contribution is 2.39. The van der Waals surface area contributed by atoms with Crippen LogP contribution in [0.3, 0.4) is 0 Å². The molecule has 0 bridgehead atoms. The second-order valence-corrected chi connectivity index (χ2v) is 10.5. The lowest BCUT2D eigenvalue weighted by atomic mass is 9.97. The molecule has 0 aliphatic carbocycles. The van der Waals surface area contributed by atoms with Gasteiger partial charge in [0.25, 0.3) is 11.6 Å². The van der Waals surface area contributed by atoms with E-state index in [1.54, 1.807) is 0 Å². The van der Waals surface area contributed by atoms with Gasteiger partial charge in [0.15, 0.2) is 5.60 Å². The van der Waals surface area contributed by atoms with Crippen molar-refractivity contribution in [2.24, 2.45) is 0 Å². The van der Waals surface area contributed by atoms with Crippen LogP contribution < -0.4 is 16.2 Å². The van der Waals surface area contributed by atoms with E-state index in [2.05, 4.69) is 15.6 Å². The molecule has 1 aliphatic heterocycles. The molecule has 232 valence electrons. The molecule has 4 atom stereocenters. The topological polar surface area (TPSA) is 147 Å². The molecule has 1 amide bonds. The normalized spacial score (nSPS) is 19.7. The van der Waals surface area contributed by atoms with Crippen molar-refractivity contribution in [1.29, 1.82) is 0 Å². The van der Waals surface area contributed by atoms with E-state index in [1.165, 1.54) is 18.2 Å². The van der Waals surface area contributed by atoms with E-state index in [0.29, 0.717) is 31.0 Å². The molecule has 43 heavy (non-hydrogen) atoms. The van der Waals surface area contributed by atoms with Crippen LogP contribution in [-0.4, -0.2) is 45.2 Å². The molecule has 1 aromatic heterocycles. The summed E-state index contributed by atoms with van der Waals surface area (Å²) in [6, 6.07) is 5.73. The third-order valence-corrected chi connectivity index (χ3v) is 7.07. The Morgan fingerprint density at radius 3 is 2.35 bits per heavy atom. The minimum absolute atomic E-state index is 0.0208. The summed E-state index contributed by atoms with van der Waals surface area (Å²) >= 11 is 0. The van der Waals surface area contributed by atoms with Crippen molar-refractivity contribution in [2.75, 3.05) is 11.9 Å². The van der Waals surface area contributed by atoms with E-state index < -0.39 is 75.6 Å². The summed E-state index contributed by atoms with van der Waals surface area (Å²) in [7, 11) is 0. The number of aromatic nitrogens is 1. The first-order chi connectivity index (χ1) is 19.9. The van der Waals surface area contributed by atoms with Crippen LogP contribution in [0.4, 0.5) is 37.7 Å². The summed E-state index contributed by atoms with van der Waals surface area (Å²) < 4.78 is 87.2. The molecular weight excluding hydrogens is 590 g/mol. The number of fused-ring (bicyclic) bond motifs is 1. The number of carbonyl (C=O) groups excluding carboxylic acids is 1. The van der Waals surface area contributed by atoms with Crippen molar-refractivity contribution >= 4 is 28.2 Å². The van der Waals surface area contributed by atoms with Crippen molar-refractivity contribution in [3.63, 3.8) is 0 Å². The Balaban J connectivity index is 1.61. The van der Waals surface area contributed by atoms with Crippen molar-refractivity contribution in [3.8, 4) is 0 Å². The van der Waals surface area contributed by atoms with Crippen molar-refractivity contribution in [2.45, 2.75) is 62.8 Å². The Labute approximate surface area is 239 Å². The zero-order valence-corrected chi connectivity index (χ0v) is 22.6. The number of alkyl halides is 6. The number of halogens is 6. The molecule has 2 heterocycles. The maximum Gasteiger partial charge on any atom is 0.423 e. The summed E-state index contributed by atoms with van der Waals surface area (Å²) in [4.78, 5) is 36.8. The maximum atomic E-state index is 13.7. The lowest BCUT2D eigenvalue weighted by molar-refractivity contribution is -0.388. The number of nitrogens with zero attached hydrogens (tertiary/aromatic N) is 1. The van der Waals surface area contributed by atoms with Crippen LogP contribution in [0.15, 0.2) is 47.3 Å². The van der Waals surface area contributed by atoms with Crippen LogP contribution in [0.5, 0.6) is 0 Å². The van der Waals surface area contributed by atoms with Crippen LogP contribution in [0, 0.1) is 10.1 Å². The lowest BCUT2D eigenvalue weighted by Gasteiger charge is -2.30. The number of nitro groups is 1. The first-order valence-corrected chi connectivity index (χ1v) is 12.9. The van der Waals surface area contributed by atoms with Crippen LogP contribution in [0.1, 0.15) is 49.5 Å². The van der Waals surface area contributed by atoms with Gasteiger partial charge in [-0.2, -0.15) is 26.3 Å². The van der Waals surface area contributed by atoms with Crippen LogP contribution in [-0.2, 0) is 21.9 Å². The molecule has 0 spiro atoms. The van der Waals surface area contributed by atoms with Gasteiger partial charge in [0.05, 0.1) is 23.2 Å². The SMILES string of the molecule is C[C@@H]1CC[C@H](C(OCC(C)(O)C(=O)Nc2ccc([N+](=O)[O-])c(C(F)(F)F)c2)c2ccc3[nH]c(=O)cc(C(F)(F)F)c3c2)N1. The number of amides is 1. The van der Waals surface area contributed by atoms with Gasteiger partial charge in [0.2, 0.25) is 5.56 Å². The highest BCUT2D eigenvalue weighted by molar-refractivity contribution is 5.97. The van der Waals surface area contributed by atoms with Crippen LogP contribution >= 0.6 is 0 Å². The lowest BCUT2D eigenvalue weighted by Crippen LogP contribution is -2.45. The Hall–Kier alpha value is -4.02. The fraction of sp³-hybridized carbons (Fsp3) is 0.407. The second kappa shape index (κ2) is 11.6. The predicted octanol–water partition coefficient (Wildman–Crippen LogP) is 5.06. The summed E-state index contributed by atoms with van der Waals surface area (Å²) in [5.74, 6) is -1.20. The number of H-pyrrole nitrogens is 1. The van der Waals surface area contributed by atoms with Gasteiger partial charge in [-0.3, -0.25) is 19.7 Å². The zero-order chi connectivity index (χ0) is 31.9. The fourth-order valence-electron chi connectivity index (χ4n) is 4.91. The fourth-order valence-corrected chi connectivity index (χ4v) is 4.91. The number of rotatable bonds is 8. The van der Waals surface area contributed by atoms with Gasteiger partial charge in [-0.15, -0.1) is 0 Å². The average molecular weight is 617 g/mol. The third kappa shape index (κ3) is 7.14. The molecule has 4 N–H and O–H groups in total. The number of nitrogens with one attached hydrogen (secondary N) is 3. The minimum Gasteiger partial charge on any atom is -0.378 e. The number of nitro benzene ring substituents is 1. The summed E-state index contributed by atoms with van der Waals surface area (Å²) in [6.45, 7) is 2.17. The standard InChI is InChI=1S/C27H26F6N4O6/c1-13-3-6-20(34-13)23(14-4-7-19-16(9-14)17(26(28,29)30)11-22(38)36-19)43-12-25(2,40)24(39)35-15-5-8-21(37(41)42)18(10-15)27(31,32)33/h4-5,7-11,13,20,23,34,40H,3,6,12H2,1-2H3,(H,35,39)(H,36,38)/t13-,20-,23?,25?/m1/s1. The van der Waals surface area contributed by atoms with E-state index in [0.717, 1.165) is 13.0 Å². The van der Waals surface area contributed by atoms with Gasteiger partial charge in [0, 0.05) is 40.8 Å². The molecule has 1 fully saturated rings. The monoisotopic (exact) mass is 616 g/mol. The van der Waals surface area contributed by atoms with E-state index in [-0.39, 0.29) is 22.5 Å². The van der Waals surface area contributed by atoms with Crippen molar-refractivity contribution < 1.29 is 45.9 Å². The number of aliphatic hydroxyl groups is 1. The largest absolute Gasteiger partial charge is 0.423 e. The van der Waals surface area contributed by atoms with Crippen molar-refractivity contribution in [3.05, 3.63) is 79.6 Å². The molecule has 2 unspecified atom stereocenters. The number of hydrogen-bond donors (Lipinski definition) is 4. The summed E-state index contributed by atoms with van der Waals surface area (Å²) in [5, 5.41) is 26.9. The summed E-state index contributed by atoms with van der Waals surface area (Å²) in [5.41, 5.74) is -7.59. The Morgan fingerprint density at radius 2 is 1.77 bits per heavy atom. The molecule has 0 radical (unpaired) electrons. The smallest absolute Gasteiger partial charge is 0.378 e. The number of hydrogen-bond acceptors (Lipinski definition) is 7. The predicted molar refractivity (Wildman–Crippen MR) is 141 cm³/mol. The highest BCUT2D eigenvalue weighted by atomic mass is 19.4. The second-order valence-electron chi connectivity index (χ2n) is 10.5. The quantitative estimate of drug-likeness (QED) is 0.157. The van der Waals surface area contributed by atoms with Gasteiger partial charge in [0.1, 0.15) is 5.56 Å². The molecule has 3 aromatic rings. The molecule has 4 rings (SSSR count). The van der Waals surface area contributed by atoms with Crippen LogP contribution in [0.2, 0.25) is 0 Å². The van der Waals surface area contributed by atoms with E-state index >= 15 is 0 Å². The number of benzene rings is 2. The third-order valence-electron chi connectivity index (χ3n) is 7.07. The maximum absolute atomic E-state index is 13.7. The van der Waals surface area contributed by atoms with E-state index in [9.17, 15) is 51.2 Å². The highest BCUT2D eigenvalue weighted by Gasteiger charge is 2.40. The first-order valence-electron chi connectivity index (χ1n) is 12.9. The Morgan fingerprint density at radius 1 is 1.09 bits per heavy atom. The molecule has 1 aliphatic rings. The Bertz CT molecular complexity index is 1600. The number of anilines is 1. The average Bonchev–Trinajstić information content (AvgIpc) is 3.32. The Kier molecular flexibility index (Phi) is 8.59. The van der Waals surface area contributed by atoms with Gasteiger partial charge < -0.3 is 25.5 Å². The van der Waals surface area contributed by atoms with Gasteiger partial charge >= 0.3 is 12.4 Å². The molecule has 16 heteroatoms. The van der Waals surface area contributed by atoms with Gasteiger partial charge in [-0.05, 0) is 56.5 Å². The number of aromatic amines is 1. The molecule has 10 nitrogen and oxygen atoms in total. The molecular formula is C27H26F6N4O6. The minimum atomic E-state index is -5.10. The molecule has 0 saturated carbocycles. The number of ether oxygens (including phenoxy) is 1. The van der Waals surface area contributed by atoms with Crippen molar-refractivity contribution in [1.82, 2.24) is 10.3 Å². The van der Waals surface area contributed by atoms with E-state index in [4.69, 9.17) is 4.74 Å². The van der Waals surface area contributed by atoms with E-state index in [1.807, 2.05) is 6.92 Å². The zero-order valence-electron chi connectivity index (χ0n) is 22.6.